The summed E-state index contributed by atoms with van der Waals surface area (Å²) in [6.45, 7) is 0.350. The number of hydrogen-bond acceptors (Lipinski definition) is 6. The zero-order chi connectivity index (χ0) is 23.4. The molecule has 1 unspecified atom stereocenters. The van der Waals surface area contributed by atoms with Gasteiger partial charge in [0.25, 0.3) is 5.91 Å². The molecule has 0 radical (unpaired) electrons. The number of fused-ring (bicyclic) bond motifs is 3. The summed E-state index contributed by atoms with van der Waals surface area (Å²) in [6.07, 6.45) is 5.76. The highest BCUT2D eigenvalue weighted by atomic mass is 16.5. The largest absolute Gasteiger partial charge is 0.475 e. The minimum absolute atomic E-state index is 0.0192. The van der Waals surface area contributed by atoms with E-state index in [0.29, 0.717) is 24.9 Å². The minimum atomic E-state index is -1.68. The predicted octanol–water partition coefficient (Wildman–Crippen LogP) is 0.466. The number of hydrogen-bond donors (Lipinski definition) is 5. The molecule has 176 valence electrons. The van der Waals surface area contributed by atoms with Crippen molar-refractivity contribution in [2.75, 3.05) is 20.8 Å². The number of methoxy groups -OCH3 is 2. The second-order valence-electron chi connectivity index (χ2n) is 8.99. The molecule has 0 heterocycles. The lowest BCUT2D eigenvalue weighted by atomic mass is 9.54. The van der Waals surface area contributed by atoms with Crippen molar-refractivity contribution in [2.45, 2.75) is 68.0 Å². The highest BCUT2D eigenvalue weighted by Gasteiger charge is 2.55. The van der Waals surface area contributed by atoms with E-state index >= 15 is 0 Å². The van der Waals surface area contributed by atoms with Crippen molar-refractivity contribution in [2.24, 2.45) is 16.5 Å². The molecule has 0 saturated heterocycles. The van der Waals surface area contributed by atoms with Crippen LogP contribution in [-0.2, 0) is 14.9 Å². The monoisotopic (exact) mass is 446 g/mol. The topological polar surface area (TPSA) is 152 Å². The van der Waals surface area contributed by atoms with Gasteiger partial charge in [-0.1, -0.05) is 12.1 Å². The SMILES string of the molecule is COC1CC2(OC)CCC1(c1ccc(C(=O)N[C@@H](CCCN=C(N)N)B(O)O)cc1)CC2. The molecule has 4 rings (SSSR count). The van der Waals surface area contributed by atoms with E-state index in [2.05, 4.69) is 10.3 Å². The third-order valence-corrected chi connectivity index (χ3v) is 7.31. The normalized spacial score (nSPS) is 27.6. The van der Waals surface area contributed by atoms with Crippen LogP contribution in [0, 0.1) is 0 Å². The van der Waals surface area contributed by atoms with Crippen LogP contribution in [0.4, 0.5) is 0 Å². The van der Waals surface area contributed by atoms with E-state index in [0.717, 1.165) is 32.1 Å². The Morgan fingerprint density at radius 1 is 1.22 bits per heavy atom. The molecule has 3 aliphatic rings. The summed E-state index contributed by atoms with van der Waals surface area (Å²) < 4.78 is 11.7. The Bertz CT molecular complexity index is 805. The summed E-state index contributed by atoms with van der Waals surface area (Å²) in [5.74, 6) is -1.19. The number of ether oxygens (including phenoxy) is 2. The molecule has 1 aromatic rings. The number of rotatable bonds is 10. The third kappa shape index (κ3) is 5.09. The average molecular weight is 446 g/mol. The molecular formula is C22H35BN4O5. The van der Waals surface area contributed by atoms with Gasteiger partial charge in [-0.3, -0.25) is 9.79 Å². The van der Waals surface area contributed by atoms with Gasteiger partial charge in [0.05, 0.1) is 17.6 Å². The van der Waals surface area contributed by atoms with E-state index in [9.17, 15) is 14.8 Å². The number of guanidine groups is 1. The third-order valence-electron chi connectivity index (χ3n) is 7.31. The molecule has 10 heteroatoms. The van der Waals surface area contributed by atoms with E-state index in [4.69, 9.17) is 20.9 Å². The first-order chi connectivity index (χ1) is 15.2. The number of benzene rings is 1. The zero-order valence-corrected chi connectivity index (χ0v) is 18.9. The Kier molecular flexibility index (Phi) is 7.81. The van der Waals surface area contributed by atoms with Gasteiger partial charge in [0.2, 0.25) is 0 Å². The van der Waals surface area contributed by atoms with E-state index in [1.807, 2.05) is 12.1 Å². The highest BCUT2D eigenvalue weighted by molar-refractivity contribution is 6.43. The van der Waals surface area contributed by atoms with Gasteiger partial charge in [0.1, 0.15) is 0 Å². The fourth-order valence-electron chi connectivity index (χ4n) is 5.30. The van der Waals surface area contributed by atoms with Crippen LogP contribution in [0.1, 0.15) is 60.9 Å². The molecular weight excluding hydrogens is 411 g/mol. The van der Waals surface area contributed by atoms with Crippen molar-refractivity contribution < 1.29 is 24.3 Å². The van der Waals surface area contributed by atoms with Crippen LogP contribution in [0.3, 0.4) is 0 Å². The summed E-state index contributed by atoms with van der Waals surface area (Å²) in [4.78, 5) is 16.6. The van der Waals surface area contributed by atoms with Crippen LogP contribution < -0.4 is 16.8 Å². The number of nitrogens with zero attached hydrogens (tertiary/aromatic N) is 1. The Balaban J connectivity index is 1.67. The van der Waals surface area contributed by atoms with Gasteiger partial charge >= 0.3 is 7.12 Å². The van der Waals surface area contributed by atoms with Crippen molar-refractivity contribution in [3.05, 3.63) is 35.4 Å². The van der Waals surface area contributed by atoms with Crippen molar-refractivity contribution >= 4 is 19.0 Å². The fraction of sp³-hybridized carbons (Fsp3) is 0.636. The number of nitrogens with one attached hydrogen (secondary N) is 1. The average Bonchev–Trinajstić information content (AvgIpc) is 2.81. The molecule has 3 fully saturated rings. The van der Waals surface area contributed by atoms with Crippen LogP contribution >= 0.6 is 0 Å². The Hall–Kier alpha value is -2.14. The van der Waals surface area contributed by atoms with Crippen LogP contribution in [0.15, 0.2) is 29.3 Å². The van der Waals surface area contributed by atoms with Gasteiger partial charge in [0.15, 0.2) is 5.96 Å². The summed E-state index contributed by atoms with van der Waals surface area (Å²) in [7, 11) is 1.87. The molecule has 0 aromatic heterocycles. The van der Waals surface area contributed by atoms with Gasteiger partial charge in [-0.2, -0.15) is 0 Å². The lowest BCUT2D eigenvalue weighted by Crippen LogP contribution is -2.58. The molecule has 1 amide bonds. The van der Waals surface area contributed by atoms with Crippen LogP contribution in [0.2, 0.25) is 0 Å². The molecule has 3 aliphatic carbocycles. The number of amides is 1. The molecule has 0 spiro atoms. The summed E-state index contributed by atoms with van der Waals surface area (Å²) in [5, 5.41) is 22.0. The maximum atomic E-state index is 12.7. The number of nitrogens with two attached hydrogens (primary N) is 2. The summed E-state index contributed by atoms with van der Waals surface area (Å²) in [5.41, 5.74) is 12.1. The van der Waals surface area contributed by atoms with E-state index in [1.165, 1.54) is 5.56 Å². The van der Waals surface area contributed by atoms with Crippen molar-refractivity contribution in [3.8, 4) is 0 Å². The van der Waals surface area contributed by atoms with Crippen molar-refractivity contribution in [1.82, 2.24) is 5.32 Å². The van der Waals surface area contributed by atoms with Gasteiger partial charge in [0, 0.05) is 38.2 Å². The van der Waals surface area contributed by atoms with Gasteiger partial charge in [-0.15, -0.1) is 0 Å². The van der Waals surface area contributed by atoms with Crippen molar-refractivity contribution in [1.29, 1.82) is 0 Å². The quantitative estimate of drug-likeness (QED) is 0.152. The standard InChI is InChI=1S/C22H35BN4O5/c1-31-17-14-21(32-2)9-11-22(17,12-10-21)16-7-5-15(6-8-16)19(28)27-18(23(29)30)4-3-13-26-20(24)25/h5-8,17-18,29-30H,3-4,9-14H2,1-2H3,(H,27,28)(H4,24,25,26)/t17?,18-,21?,22?/m0/s1. The van der Waals surface area contributed by atoms with Crippen LogP contribution in [0.25, 0.3) is 0 Å². The Morgan fingerprint density at radius 2 is 1.88 bits per heavy atom. The van der Waals surface area contributed by atoms with E-state index < -0.39 is 13.1 Å². The number of carbonyl (C=O) groups is 1. The molecule has 32 heavy (non-hydrogen) atoms. The molecule has 3 saturated carbocycles. The number of carbonyl (C=O) groups excluding carboxylic acids is 1. The highest BCUT2D eigenvalue weighted by Crippen LogP contribution is 2.55. The molecule has 7 N–H and O–H groups in total. The lowest BCUT2D eigenvalue weighted by molar-refractivity contribution is -0.157. The molecule has 2 bridgehead atoms. The first-order valence-electron chi connectivity index (χ1n) is 11.2. The summed E-state index contributed by atoms with van der Waals surface area (Å²) >= 11 is 0. The van der Waals surface area contributed by atoms with E-state index in [-0.39, 0.29) is 29.0 Å². The first kappa shape index (κ1) is 24.5. The van der Waals surface area contributed by atoms with Crippen molar-refractivity contribution in [3.63, 3.8) is 0 Å². The van der Waals surface area contributed by atoms with Gasteiger partial charge < -0.3 is 36.3 Å². The van der Waals surface area contributed by atoms with Crippen LogP contribution in [-0.4, -0.2) is 67.4 Å². The van der Waals surface area contributed by atoms with Gasteiger partial charge in [-0.25, -0.2) is 0 Å². The van der Waals surface area contributed by atoms with Crippen LogP contribution in [0.5, 0.6) is 0 Å². The molecule has 0 aliphatic heterocycles. The van der Waals surface area contributed by atoms with Gasteiger partial charge in [-0.05, 0) is 56.2 Å². The maximum absolute atomic E-state index is 12.7. The Morgan fingerprint density at radius 3 is 2.41 bits per heavy atom. The Labute approximate surface area is 189 Å². The second kappa shape index (κ2) is 10.2. The zero-order valence-electron chi connectivity index (χ0n) is 18.9. The summed E-state index contributed by atoms with van der Waals surface area (Å²) in [6, 6.07) is 7.57. The smallest absolute Gasteiger partial charge is 0.426 e. The maximum Gasteiger partial charge on any atom is 0.475 e. The van der Waals surface area contributed by atoms with E-state index in [1.54, 1.807) is 26.4 Å². The fourth-order valence-corrected chi connectivity index (χ4v) is 5.30. The number of aliphatic imine (C=N–C) groups is 1. The second-order valence-corrected chi connectivity index (χ2v) is 8.99. The minimum Gasteiger partial charge on any atom is -0.426 e. The predicted molar refractivity (Wildman–Crippen MR) is 123 cm³/mol. The first-order valence-corrected chi connectivity index (χ1v) is 11.2. The molecule has 2 atom stereocenters. The lowest BCUT2D eigenvalue weighted by Gasteiger charge is -2.56. The molecule has 9 nitrogen and oxygen atoms in total. The molecule has 1 aromatic carbocycles.